The van der Waals surface area contributed by atoms with Crippen LogP contribution in [0.1, 0.15) is 18.3 Å². The molecule has 0 aliphatic carbocycles. The number of benzene rings is 1. The lowest BCUT2D eigenvalue weighted by Crippen LogP contribution is -2.26. The van der Waals surface area contributed by atoms with Gasteiger partial charge in [0.15, 0.2) is 0 Å². The maximum Gasteiger partial charge on any atom is 0.243 e. The molecule has 0 saturated carbocycles. The molecule has 1 aromatic carbocycles. The highest BCUT2D eigenvalue weighted by atomic mass is 32.2. The Labute approximate surface area is 122 Å². The number of nitrogens with two attached hydrogens (primary N) is 1. The molecule has 0 unspecified atom stereocenters. The van der Waals surface area contributed by atoms with Crippen LogP contribution in [0.3, 0.4) is 0 Å². The highest BCUT2D eigenvalue weighted by molar-refractivity contribution is 7.89. The lowest BCUT2D eigenvalue weighted by Gasteiger charge is -2.10. The Bertz CT molecular complexity index is 757. The minimum absolute atomic E-state index is 0.0799. The number of aryl methyl sites for hydroxylation is 2. The van der Waals surface area contributed by atoms with E-state index >= 15 is 0 Å². The van der Waals surface area contributed by atoms with E-state index in [0.29, 0.717) is 12.4 Å². The second kappa shape index (κ2) is 5.78. The number of anilines is 1. The van der Waals surface area contributed by atoms with Crippen molar-refractivity contribution in [3.05, 3.63) is 35.7 Å². The summed E-state index contributed by atoms with van der Waals surface area (Å²) in [5.74, 6) is -0.365. The summed E-state index contributed by atoms with van der Waals surface area (Å²) in [6.45, 7) is 3.86. The minimum Gasteiger partial charge on any atom is -0.399 e. The smallest absolute Gasteiger partial charge is 0.243 e. The molecular weight excluding hydrogens is 297 g/mol. The van der Waals surface area contributed by atoms with E-state index in [4.69, 9.17) is 5.73 Å². The molecule has 0 bridgehead atoms. The number of sulfonamides is 1. The molecule has 3 N–H and O–H groups in total. The van der Waals surface area contributed by atoms with Gasteiger partial charge in [-0.1, -0.05) is 0 Å². The first-order valence-corrected chi connectivity index (χ1v) is 7.75. The molecule has 21 heavy (non-hydrogen) atoms. The average molecular weight is 313 g/mol. The third-order valence-corrected chi connectivity index (χ3v) is 4.39. The first kappa shape index (κ1) is 15.4. The third kappa shape index (κ3) is 3.19. The molecule has 0 radical (unpaired) electrons. The zero-order valence-electron chi connectivity index (χ0n) is 11.7. The molecule has 0 aliphatic rings. The van der Waals surface area contributed by atoms with Crippen LogP contribution >= 0.6 is 0 Å². The predicted octanol–water partition coefficient (Wildman–Crippen LogP) is 0.806. The second-order valence-electron chi connectivity index (χ2n) is 4.51. The average Bonchev–Trinajstić information content (AvgIpc) is 2.88. The zero-order chi connectivity index (χ0) is 15.6. The first-order chi connectivity index (χ1) is 9.85. The van der Waals surface area contributed by atoms with Gasteiger partial charge in [0.1, 0.15) is 22.9 Å². The van der Waals surface area contributed by atoms with Crippen LogP contribution in [0.5, 0.6) is 0 Å². The summed E-state index contributed by atoms with van der Waals surface area (Å²) in [6, 6.07) is 2.47. The van der Waals surface area contributed by atoms with Gasteiger partial charge >= 0.3 is 0 Å². The van der Waals surface area contributed by atoms with Crippen molar-refractivity contribution in [2.24, 2.45) is 0 Å². The fraction of sp³-hybridized carbons (Fsp3) is 0.333. The van der Waals surface area contributed by atoms with Crippen LogP contribution in [0.15, 0.2) is 23.4 Å². The minimum atomic E-state index is -4.02. The normalized spacial score (nSPS) is 11.8. The van der Waals surface area contributed by atoms with Crippen LogP contribution in [-0.4, -0.2) is 23.2 Å². The van der Waals surface area contributed by atoms with E-state index in [0.717, 1.165) is 6.07 Å². The zero-order valence-corrected chi connectivity index (χ0v) is 12.5. The topological polar surface area (TPSA) is 103 Å². The van der Waals surface area contributed by atoms with E-state index in [9.17, 15) is 12.8 Å². The van der Waals surface area contributed by atoms with Gasteiger partial charge in [-0.05, 0) is 31.5 Å². The Morgan fingerprint density at radius 2 is 2.14 bits per heavy atom. The molecule has 1 aromatic heterocycles. The van der Waals surface area contributed by atoms with Gasteiger partial charge in [-0.2, -0.15) is 0 Å². The van der Waals surface area contributed by atoms with Crippen molar-refractivity contribution >= 4 is 15.7 Å². The molecule has 0 amide bonds. The van der Waals surface area contributed by atoms with Crippen molar-refractivity contribution in [2.45, 2.75) is 31.8 Å². The van der Waals surface area contributed by atoms with Crippen LogP contribution in [0.2, 0.25) is 0 Å². The summed E-state index contributed by atoms with van der Waals surface area (Å²) in [6.07, 6.45) is 1.49. The summed E-state index contributed by atoms with van der Waals surface area (Å²) in [5, 5.41) is 7.51. The summed E-state index contributed by atoms with van der Waals surface area (Å²) in [7, 11) is -4.02. The number of hydrogen-bond acceptors (Lipinski definition) is 5. The summed E-state index contributed by atoms with van der Waals surface area (Å²) in [4.78, 5) is -0.470. The number of hydrogen-bond donors (Lipinski definition) is 2. The molecule has 1 heterocycles. The fourth-order valence-corrected chi connectivity index (χ4v) is 3.04. The number of halogens is 1. The number of nitrogens with one attached hydrogen (secondary N) is 1. The molecular formula is C12H16FN5O2S. The third-order valence-electron chi connectivity index (χ3n) is 2.99. The molecule has 0 saturated heterocycles. The van der Waals surface area contributed by atoms with Gasteiger partial charge in [0, 0.05) is 12.2 Å². The molecule has 0 atom stereocenters. The maximum atomic E-state index is 14.0. The van der Waals surface area contributed by atoms with Gasteiger partial charge in [0.2, 0.25) is 10.0 Å². The quantitative estimate of drug-likeness (QED) is 0.795. The Morgan fingerprint density at radius 1 is 1.43 bits per heavy atom. The van der Waals surface area contributed by atoms with Crippen molar-refractivity contribution in [1.82, 2.24) is 19.5 Å². The molecule has 9 heteroatoms. The van der Waals surface area contributed by atoms with E-state index in [-0.39, 0.29) is 17.8 Å². The number of rotatable bonds is 5. The van der Waals surface area contributed by atoms with Crippen LogP contribution in [0.4, 0.5) is 10.1 Å². The molecule has 114 valence electrons. The van der Waals surface area contributed by atoms with Crippen LogP contribution in [0, 0.1) is 12.7 Å². The van der Waals surface area contributed by atoms with Gasteiger partial charge in [-0.15, -0.1) is 10.2 Å². The van der Waals surface area contributed by atoms with Gasteiger partial charge in [-0.25, -0.2) is 17.5 Å². The second-order valence-corrected chi connectivity index (χ2v) is 6.24. The monoisotopic (exact) mass is 313 g/mol. The molecule has 0 spiro atoms. The summed E-state index contributed by atoms with van der Waals surface area (Å²) < 4.78 is 42.3. The van der Waals surface area contributed by atoms with Crippen LogP contribution < -0.4 is 10.5 Å². The number of nitrogen functional groups attached to an aromatic ring is 1. The van der Waals surface area contributed by atoms with E-state index < -0.39 is 20.7 Å². The van der Waals surface area contributed by atoms with Crippen molar-refractivity contribution in [2.75, 3.05) is 5.73 Å². The van der Waals surface area contributed by atoms with Gasteiger partial charge < -0.3 is 10.3 Å². The molecule has 0 fully saturated rings. The standard InChI is InChI=1S/C12H16FN5O2S/c1-3-18-7-15-17-11(18)6-16-21(19,20)10-5-9(14)4-8(2)12(10)13/h4-5,7,16H,3,6,14H2,1-2H3. The Morgan fingerprint density at radius 3 is 2.81 bits per heavy atom. The maximum absolute atomic E-state index is 14.0. The molecule has 0 aliphatic heterocycles. The van der Waals surface area contributed by atoms with Crippen LogP contribution in [0.25, 0.3) is 0 Å². The highest BCUT2D eigenvalue weighted by Crippen LogP contribution is 2.21. The summed E-state index contributed by atoms with van der Waals surface area (Å²) in [5.41, 5.74) is 5.94. The lowest BCUT2D eigenvalue weighted by molar-refractivity contribution is 0.550. The fourth-order valence-electron chi connectivity index (χ4n) is 1.88. The van der Waals surface area contributed by atoms with E-state index in [1.54, 1.807) is 4.57 Å². The van der Waals surface area contributed by atoms with Gasteiger partial charge in [0.05, 0.1) is 6.54 Å². The lowest BCUT2D eigenvalue weighted by atomic mass is 10.2. The van der Waals surface area contributed by atoms with Crippen molar-refractivity contribution in [3.63, 3.8) is 0 Å². The van der Waals surface area contributed by atoms with Crippen molar-refractivity contribution < 1.29 is 12.8 Å². The number of nitrogens with zero attached hydrogens (tertiary/aromatic N) is 3. The Balaban J connectivity index is 2.27. The highest BCUT2D eigenvalue weighted by Gasteiger charge is 2.21. The first-order valence-electron chi connectivity index (χ1n) is 6.27. The van der Waals surface area contributed by atoms with Gasteiger partial charge in [-0.3, -0.25) is 0 Å². The SMILES string of the molecule is CCn1cnnc1CNS(=O)(=O)c1cc(N)cc(C)c1F. The van der Waals surface area contributed by atoms with Crippen LogP contribution in [-0.2, 0) is 23.1 Å². The van der Waals surface area contributed by atoms with E-state index in [1.165, 1.54) is 19.3 Å². The summed E-state index contributed by atoms with van der Waals surface area (Å²) >= 11 is 0. The molecule has 7 nitrogen and oxygen atoms in total. The predicted molar refractivity (Wildman–Crippen MR) is 75.3 cm³/mol. The molecule has 2 aromatic rings. The van der Waals surface area contributed by atoms with Gasteiger partial charge in [0.25, 0.3) is 0 Å². The van der Waals surface area contributed by atoms with E-state index in [2.05, 4.69) is 14.9 Å². The van der Waals surface area contributed by atoms with Crippen molar-refractivity contribution in [3.8, 4) is 0 Å². The number of aromatic nitrogens is 3. The Kier molecular flexibility index (Phi) is 4.24. The Hall–Kier alpha value is -2.00. The van der Waals surface area contributed by atoms with E-state index in [1.807, 2.05) is 6.92 Å². The largest absolute Gasteiger partial charge is 0.399 e. The van der Waals surface area contributed by atoms with Crippen molar-refractivity contribution in [1.29, 1.82) is 0 Å². The molecule has 2 rings (SSSR count).